The average molecular weight is 484 g/mol. The van der Waals surface area contributed by atoms with Gasteiger partial charge < -0.3 is 0 Å². The fraction of sp³-hybridized carbons (Fsp3) is 0.150. The van der Waals surface area contributed by atoms with E-state index in [1.165, 1.54) is 42.7 Å². The third kappa shape index (κ3) is 3.78. The molecule has 1 aromatic carbocycles. The Morgan fingerprint density at radius 3 is 2.47 bits per heavy atom. The van der Waals surface area contributed by atoms with Gasteiger partial charge in [-0.2, -0.15) is 13.2 Å². The number of hydrogen-bond donors (Lipinski definition) is 1. The summed E-state index contributed by atoms with van der Waals surface area (Å²) >= 11 is 5.64. The molecule has 1 aliphatic heterocycles. The molecule has 12 heteroatoms. The number of pyridine rings is 1. The molecule has 4 rings (SSSR count). The van der Waals surface area contributed by atoms with Crippen LogP contribution >= 0.6 is 11.6 Å². The molecule has 0 spiro atoms. The lowest BCUT2D eigenvalue weighted by molar-refractivity contribution is -0.0889. The first-order chi connectivity index (χ1) is 15.0. The van der Waals surface area contributed by atoms with Gasteiger partial charge in [0.1, 0.15) is 0 Å². The van der Waals surface area contributed by atoms with Gasteiger partial charge in [-0.25, -0.2) is 13.3 Å². The Kier molecular flexibility index (Phi) is 5.33. The van der Waals surface area contributed by atoms with E-state index in [1.807, 2.05) is 0 Å². The van der Waals surface area contributed by atoms with E-state index in [9.17, 15) is 31.2 Å². The van der Waals surface area contributed by atoms with Crippen LogP contribution in [0.25, 0.3) is 0 Å². The maximum atomic E-state index is 13.2. The number of halogens is 4. The van der Waals surface area contributed by atoms with Crippen LogP contribution in [0.1, 0.15) is 33.6 Å². The summed E-state index contributed by atoms with van der Waals surface area (Å²) in [6, 6.07) is 6.98. The minimum atomic E-state index is -4.82. The number of aromatic nitrogens is 1. The molecular weight excluding hydrogens is 471 g/mol. The summed E-state index contributed by atoms with van der Waals surface area (Å²) in [6.07, 6.45) is -2.15. The first-order valence-corrected chi connectivity index (χ1v) is 11.0. The van der Waals surface area contributed by atoms with Crippen LogP contribution in [0.15, 0.2) is 64.3 Å². The summed E-state index contributed by atoms with van der Waals surface area (Å²) < 4.78 is 67.3. The van der Waals surface area contributed by atoms with Gasteiger partial charge >= 0.3 is 6.18 Å². The molecule has 0 unspecified atom stereocenters. The van der Waals surface area contributed by atoms with Crippen molar-refractivity contribution in [1.29, 1.82) is 0 Å². The number of alkyl halides is 3. The largest absolute Gasteiger partial charge is 0.417 e. The van der Waals surface area contributed by atoms with Gasteiger partial charge in [0.05, 0.1) is 39.2 Å². The number of allylic oxidation sites excluding steroid dienone is 4. The van der Waals surface area contributed by atoms with E-state index in [0.717, 1.165) is 4.90 Å². The molecule has 2 amide bonds. The highest BCUT2D eigenvalue weighted by Crippen LogP contribution is 2.39. The highest BCUT2D eigenvalue weighted by atomic mass is 35.5. The molecule has 7 nitrogen and oxygen atoms in total. The Morgan fingerprint density at radius 1 is 1.06 bits per heavy atom. The molecule has 0 radical (unpaired) electrons. The number of nitrogens with zero attached hydrogens (tertiary/aromatic N) is 2. The van der Waals surface area contributed by atoms with Gasteiger partial charge in [0.2, 0.25) is 0 Å². The van der Waals surface area contributed by atoms with Crippen molar-refractivity contribution in [2.75, 3.05) is 9.62 Å². The third-order valence-electron chi connectivity index (χ3n) is 4.90. The second kappa shape index (κ2) is 7.75. The standard InChI is InChI=1S/C20H13ClF3N3O4S/c21-15-7-6-12(9-14(15)20(22,23)24)32(30,31)26-16-5-1-4-13-17(16)19(29)27(18(13)28)11-3-2-8-25-10-11/h1-5,8-10,26H,6-7H2. The van der Waals surface area contributed by atoms with Crippen LogP contribution in [-0.2, 0) is 10.0 Å². The molecule has 2 aromatic rings. The van der Waals surface area contributed by atoms with Gasteiger partial charge in [-0.3, -0.25) is 19.3 Å². The molecule has 1 aliphatic carbocycles. The van der Waals surface area contributed by atoms with Crippen molar-refractivity contribution in [3.05, 3.63) is 75.4 Å². The van der Waals surface area contributed by atoms with Gasteiger partial charge in [-0.15, -0.1) is 0 Å². The number of hydrogen-bond acceptors (Lipinski definition) is 5. The zero-order valence-corrected chi connectivity index (χ0v) is 17.6. The minimum absolute atomic E-state index is 0.0457. The number of amides is 2. The number of imide groups is 1. The maximum Gasteiger partial charge on any atom is 0.417 e. The Morgan fingerprint density at radius 2 is 1.81 bits per heavy atom. The van der Waals surface area contributed by atoms with Crippen molar-refractivity contribution in [3.63, 3.8) is 0 Å². The molecule has 0 saturated carbocycles. The van der Waals surface area contributed by atoms with E-state index in [2.05, 4.69) is 9.71 Å². The van der Waals surface area contributed by atoms with Crippen LogP contribution in [-0.4, -0.2) is 31.4 Å². The van der Waals surface area contributed by atoms with E-state index < -0.39 is 43.5 Å². The molecular formula is C20H13ClF3N3O4S. The van der Waals surface area contributed by atoms with E-state index in [4.69, 9.17) is 11.6 Å². The van der Waals surface area contributed by atoms with Gasteiger partial charge in [0.15, 0.2) is 0 Å². The lowest BCUT2D eigenvalue weighted by atomic mass is 10.1. The first kappa shape index (κ1) is 22.0. The molecule has 0 fully saturated rings. The molecule has 0 saturated heterocycles. The number of sulfonamides is 1. The van der Waals surface area contributed by atoms with E-state index in [1.54, 1.807) is 0 Å². The smallest absolute Gasteiger partial charge is 0.279 e. The van der Waals surface area contributed by atoms with Crippen molar-refractivity contribution < 1.29 is 31.2 Å². The van der Waals surface area contributed by atoms with Crippen LogP contribution < -0.4 is 9.62 Å². The summed E-state index contributed by atoms with van der Waals surface area (Å²) in [5.74, 6) is -1.46. The lowest BCUT2D eigenvalue weighted by Crippen LogP contribution is -2.29. The molecule has 166 valence electrons. The highest BCUT2D eigenvalue weighted by Gasteiger charge is 2.41. The summed E-state index contributed by atoms with van der Waals surface area (Å²) in [6.45, 7) is 0. The van der Waals surface area contributed by atoms with Crippen molar-refractivity contribution in [3.8, 4) is 0 Å². The Labute approximate surface area is 185 Å². The second-order valence-electron chi connectivity index (χ2n) is 6.92. The fourth-order valence-electron chi connectivity index (χ4n) is 3.43. The van der Waals surface area contributed by atoms with E-state index >= 15 is 0 Å². The molecule has 0 bridgehead atoms. The zero-order chi connectivity index (χ0) is 23.3. The van der Waals surface area contributed by atoms with Crippen LogP contribution in [0.4, 0.5) is 24.5 Å². The van der Waals surface area contributed by atoms with Crippen molar-refractivity contribution in [2.24, 2.45) is 0 Å². The number of carbonyl (C=O) groups excluding carboxylic acids is 2. The molecule has 1 N–H and O–H groups in total. The molecule has 2 aliphatic rings. The van der Waals surface area contributed by atoms with Crippen LogP contribution in [0.2, 0.25) is 0 Å². The van der Waals surface area contributed by atoms with Crippen LogP contribution in [0.3, 0.4) is 0 Å². The minimum Gasteiger partial charge on any atom is -0.279 e. The summed E-state index contributed by atoms with van der Waals surface area (Å²) in [4.78, 5) is 29.9. The SMILES string of the molecule is O=C1c2cccc(NS(=O)(=O)C3=CC(C(F)(F)F)=C(Cl)CC3)c2C(=O)N1c1cccnc1. The Hall–Kier alpha value is -3.18. The van der Waals surface area contributed by atoms with Gasteiger partial charge in [-0.1, -0.05) is 17.7 Å². The number of rotatable bonds is 4. The summed E-state index contributed by atoms with van der Waals surface area (Å²) in [5.41, 5.74) is -1.51. The summed E-state index contributed by atoms with van der Waals surface area (Å²) in [5, 5.41) is -0.482. The monoisotopic (exact) mass is 483 g/mol. The van der Waals surface area contributed by atoms with Gasteiger partial charge in [-0.05, 0) is 43.2 Å². The van der Waals surface area contributed by atoms with Crippen molar-refractivity contribution in [1.82, 2.24) is 4.98 Å². The van der Waals surface area contributed by atoms with Crippen LogP contribution in [0.5, 0.6) is 0 Å². The van der Waals surface area contributed by atoms with Crippen molar-refractivity contribution in [2.45, 2.75) is 19.0 Å². The molecule has 2 heterocycles. The van der Waals surface area contributed by atoms with Crippen molar-refractivity contribution >= 4 is 44.8 Å². The number of nitrogens with one attached hydrogen (secondary N) is 1. The number of benzene rings is 1. The molecule has 32 heavy (non-hydrogen) atoms. The molecule has 0 atom stereocenters. The first-order valence-electron chi connectivity index (χ1n) is 9.12. The Bertz CT molecular complexity index is 1310. The van der Waals surface area contributed by atoms with Gasteiger partial charge in [0.25, 0.3) is 21.8 Å². The van der Waals surface area contributed by atoms with E-state index in [-0.39, 0.29) is 35.3 Å². The quantitative estimate of drug-likeness (QED) is 0.652. The zero-order valence-electron chi connectivity index (χ0n) is 16.0. The van der Waals surface area contributed by atoms with Crippen LogP contribution in [0, 0.1) is 0 Å². The number of anilines is 2. The fourth-order valence-corrected chi connectivity index (χ4v) is 4.92. The molecule has 1 aromatic heterocycles. The summed E-state index contributed by atoms with van der Waals surface area (Å²) in [7, 11) is -4.47. The normalized spacial score (nSPS) is 16.9. The Balaban J connectivity index is 1.72. The maximum absolute atomic E-state index is 13.2. The predicted octanol–water partition coefficient (Wildman–Crippen LogP) is 4.36. The predicted molar refractivity (Wildman–Crippen MR) is 111 cm³/mol. The third-order valence-corrected chi connectivity index (χ3v) is 6.80. The van der Waals surface area contributed by atoms with Gasteiger partial charge in [0, 0.05) is 11.2 Å². The van der Waals surface area contributed by atoms with E-state index in [0.29, 0.717) is 6.08 Å². The second-order valence-corrected chi connectivity index (χ2v) is 9.11. The average Bonchev–Trinajstić information content (AvgIpc) is 2.99. The highest BCUT2D eigenvalue weighted by molar-refractivity contribution is 7.96. The number of carbonyl (C=O) groups is 2. The number of fused-ring (bicyclic) bond motifs is 1. The topological polar surface area (TPSA) is 96.4 Å². The lowest BCUT2D eigenvalue weighted by Gasteiger charge is -2.20.